The fourth-order valence-electron chi connectivity index (χ4n) is 2.01. The first-order chi connectivity index (χ1) is 10.6. The van der Waals surface area contributed by atoms with Gasteiger partial charge in [-0.05, 0) is 24.3 Å². The Morgan fingerprint density at radius 1 is 1.09 bits per heavy atom. The van der Waals surface area contributed by atoms with E-state index in [2.05, 4.69) is 9.98 Å². The van der Waals surface area contributed by atoms with Gasteiger partial charge in [-0.25, -0.2) is 9.98 Å². The van der Waals surface area contributed by atoms with E-state index in [1.54, 1.807) is 23.9 Å². The molecule has 0 saturated heterocycles. The van der Waals surface area contributed by atoms with Crippen LogP contribution in [-0.4, -0.2) is 24.9 Å². The summed E-state index contributed by atoms with van der Waals surface area (Å²) in [7, 11) is 1.80. The van der Waals surface area contributed by atoms with Crippen LogP contribution in [-0.2, 0) is 7.05 Å². The number of thiazole rings is 1. The molecule has 0 amide bonds. The van der Waals surface area contributed by atoms with E-state index in [9.17, 15) is 15.3 Å². The van der Waals surface area contributed by atoms with E-state index in [-0.39, 0.29) is 11.5 Å². The van der Waals surface area contributed by atoms with Crippen molar-refractivity contribution in [1.29, 1.82) is 0 Å². The predicted molar refractivity (Wildman–Crippen MR) is 83.2 cm³/mol. The van der Waals surface area contributed by atoms with Gasteiger partial charge in [0.2, 0.25) is 5.75 Å². The zero-order valence-corrected chi connectivity index (χ0v) is 12.4. The van der Waals surface area contributed by atoms with Gasteiger partial charge in [-0.1, -0.05) is 6.07 Å². The summed E-state index contributed by atoms with van der Waals surface area (Å²) in [6.07, 6.45) is 1.66. The maximum atomic E-state index is 9.99. The van der Waals surface area contributed by atoms with Gasteiger partial charge < -0.3 is 19.9 Å². The molecular weight excluding hydrogens is 302 g/mol. The Hall–Kier alpha value is -2.80. The van der Waals surface area contributed by atoms with Crippen molar-refractivity contribution < 1.29 is 15.3 Å². The number of phenols is 3. The standard InChI is InChI=1S/C15H13N3O3S/c1-18-10(9-5-6-11(19)14(21)13(9)20)8-22-15(18)17-12-4-2-3-7-16-12/h2-8,19-21H,1H3/b17-15-. The average Bonchev–Trinajstić information content (AvgIpc) is 2.87. The van der Waals surface area contributed by atoms with E-state index in [0.717, 1.165) is 0 Å². The van der Waals surface area contributed by atoms with Crippen molar-refractivity contribution in [3.05, 3.63) is 46.7 Å². The van der Waals surface area contributed by atoms with E-state index in [1.807, 2.05) is 17.5 Å². The fraction of sp³-hybridized carbons (Fsp3) is 0.0667. The molecule has 0 saturated carbocycles. The van der Waals surface area contributed by atoms with Gasteiger partial charge in [-0.3, -0.25) is 0 Å². The van der Waals surface area contributed by atoms with Gasteiger partial charge in [0.15, 0.2) is 22.1 Å². The number of aromatic nitrogens is 2. The maximum Gasteiger partial charge on any atom is 0.200 e. The summed E-state index contributed by atoms with van der Waals surface area (Å²) in [6, 6.07) is 8.33. The molecule has 0 aliphatic rings. The highest BCUT2D eigenvalue weighted by Gasteiger charge is 2.15. The maximum absolute atomic E-state index is 9.99. The molecule has 112 valence electrons. The third kappa shape index (κ3) is 2.42. The van der Waals surface area contributed by atoms with Crippen LogP contribution in [0, 0.1) is 0 Å². The predicted octanol–water partition coefficient (Wildman–Crippen LogP) is 2.50. The molecule has 1 aromatic carbocycles. The average molecular weight is 315 g/mol. The van der Waals surface area contributed by atoms with Crippen LogP contribution in [0.1, 0.15) is 0 Å². The minimum absolute atomic E-state index is 0.363. The number of rotatable bonds is 2. The molecule has 0 aliphatic carbocycles. The van der Waals surface area contributed by atoms with E-state index in [0.29, 0.717) is 21.9 Å². The van der Waals surface area contributed by atoms with E-state index >= 15 is 0 Å². The number of pyridine rings is 1. The number of hydrogen-bond acceptors (Lipinski definition) is 6. The van der Waals surface area contributed by atoms with Crippen LogP contribution < -0.4 is 4.80 Å². The molecule has 7 heteroatoms. The molecular formula is C15H13N3O3S. The lowest BCUT2D eigenvalue weighted by atomic mass is 10.1. The van der Waals surface area contributed by atoms with Crippen molar-refractivity contribution >= 4 is 17.2 Å². The number of hydrogen-bond donors (Lipinski definition) is 3. The number of benzene rings is 1. The Bertz CT molecular complexity index is 885. The van der Waals surface area contributed by atoms with Gasteiger partial charge in [0.1, 0.15) is 0 Å². The normalized spacial score (nSPS) is 11.8. The molecule has 3 N–H and O–H groups in total. The highest BCUT2D eigenvalue weighted by molar-refractivity contribution is 7.07. The number of phenolic OH excluding ortho intramolecular Hbond substituents is 3. The fourth-order valence-corrected chi connectivity index (χ4v) is 2.91. The Kier molecular flexibility index (Phi) is 3.56. The zero-order valence-electron chi connectivity index (χ0n) is 11.6. The van der Waals surface area contributed by atoms with Gasteiger partial charge in [0.05, 0.1) is 5.69 Å². The highest BCUT2D eigenvalue weighted by atomic mass is 32.1. The van der Waals surface area contributed by atoms with Crippen molar-refractivity contribution in [2.45, 2.75) is 0 Å². The lowest BCUT2D eigenvalue weighted by Crippen LogP contribution is -2.11. The minimum Gasteiger partial charge on any atom is -0.504 e. The topological polar surface area (TPSA) is 90.9 Å². The van der Waals surface area contributed by atoms with Crippen molar-refractivity contribution in [3.63, 3.8) is 0 Å². The van der Waals surface area contributed by atoms with Crippen LogP contribution in [0.25, 0.3) is 11.3 Å². The summed E-state index contributed by atoms with van der Waals surface area (Å²) in [5, 5.41) is 30.8. The molecule has 0 fully saturated rings. The van der Waals surface area contributed by atoms with Crippen molar-refractivity contribution in [1.82, 2.24) is 9.55 Å². The van der Waals surface area contributed by atoms with Crippen LogP contribution in [0.2, 0.25) is 0 Å². The Labute approximate surface area is 129 Å². The lowest BCUT2D eigenvalue weighted by Gasteiger charge is -2.08. The summed E-state index contributed by atoms with van der Waals surface area (Å²) in [4.78, 5) is 9.27. The van der Waals surface area contributed by atoms with Gasteiger partial charge in [-0.15, -0.1) is 11.3 Å². The quantitative estimate of drug-likeness (QED) is 0.634. The molecule has 0 aliphatic heterocycles. The minimum atomic E-state index is -0.535. The van der Waals surface area contributed by atoms with E-state index in [4.69, 9.17) is 0 Å². The smallest absolute Gasteiger partial charge is 0.200 e. The molecule has 0 atom stereocenters. The third-order valence-electron chi connectivity index (χ3n) is 3.19. The first-order valence-electron chi connectivity index (χ1n) is 6.42. The SMILES string of the molecule is Cn1c(-c2ccc(O)c(O)c2O)cs/c1=N\c1ccccn1. The molecule has 0 bridgehead atoms. The lowest BCUT2D eigenvalue weighted by molar-refractivity contribution is 0.369. The summed E-state index contributed by atoms with van der Waals surface area (Å²) < 4.78 is 1.78. The molecule has 3 rings (SSSR count). The van der Waals surface area contributed by atoms with Crippen molar-refractivity contribution in [3.8, 4) is 28.5 Å². The van der Waals surface area contributed by atoms with Crippen LogP contribution in [0.15, 0.2) is 46.9 Å². The Morgan fingerprint density at radius 3 is 2.64 bits per heavy atom. The summed E-state index contributed by atoms with van der Waals surface area (Å²) in [5.74, 6) is -0.675. The molecule has 6 nitrogen and oxygen atoms in total. The third-order valence-corrected chi connectivity index (χ3v) is 4.11. The second-order valence-electron chi connectivity index (χ2n) is 4.59. The molecule has 2 heterocycles. The van der Waals surface area contributed by atoms with Crippen LogP contribution >= 0.6 is 11.3 Å². The molecule has 0 radical (unpaired) electrons. The summed E-state index contributed by atoms with van der Waals surface area (Å²) >= 11 is 1.39. The van der Waals surface area contributed by atoms with Crippen LogP contribution in [0.4, 0.5) is 5.82 Å². The first kappa shape index (κ1) is 14.2. The van der Waals surface area contributed by atoms with Gasteiger partial charge in [0, 0.05) is 24.2 Å². The second-order valence-corrected chi connectivity index (χ2v) is 5.43. The van der Waals surface area contributed by atoms with Gasteiger partial charge in [0.25, 0.3) is 0 Å². The largest absolute Gasteiger partial charge is 0.504 e. The Balaban J connectivity index is 2.12. The second kappa shape index (κ2) is 5.53. The Morgan fingerprint density at radius 2 is 1.91 bits per heavy atom. The molecule has 3 aromatic rings. The molecule has 0 unspecified atom stereocenters. The monoisotopic (exact) mass is 315 g/mol. The van der Waals surface area contributed by atoms with Gasteiger partial charge in [-0.2, -0.15) is 0 Å². The van der Waals surface area contributed by atoms with Crippen LogP contribution in [0.5, 0.6) is 17.2 Å². The number of aromatic hydroxyl groups is 3. The number of nitrogens with zero attached hydrogens (tertiary/aromatic N) is 3. The van der Waals surface area contributed by atoms with Crippen LogP contribution in [0.3, 0.4) is 0 Å². The van der Waals surface area contributed by atoms with Crippen molar-refractivity contribution in [2.75, 3.05) is 0 Å². The highest BCUT2D eigenvalue weighted by Crippen LogP contribution is 2.41. The molecule has 22 heavy (non-hydrogen) atoms. The summed E-state index contributed by atoms with van der Waals surface area (Å²) in [6.45, 7) is 0. The van der Waals surface area contributed by atoms with Crippen molar-refractivity contribution in [2.24, 2.45) is 12.0 Å². The van der Waals surface area contributed by atoms with Gasteiger partial charge >= 0.3 is 0 Å². The van der Waals surface area contributed by atoms with E-state index < -0.39 is 5.75 Å². The molecule has 0 spiro atoms. The first-order valence-corrected chi connectivity index (χ1v) is 7.30. The summed E-state index contributed by atoms with van der Waals surface area (Å²) in [5.41, 5.74) is 1.09. The van der Waals surface area contributed by atoms with E-state index in [1.165, 1.54) is 23.5 Å². The zero-order chi connectivity index (χ0) is 15.7. The molecule has 2 aromatic heterocycles.